The van der Waals surface area contributed by atoms with E-state index in [1.165, 1.54) is 25.5 Å². The monoisotopic (exact) mass is 529 g/mol. The summed E-state index contributed by atoms with van der Waals surface area (Å²) < 4.78 is 5.96. The molecule has 0 saturated carbocycles. The molecule has 7 nitrogen and oxygen atoms in total. The number of aliphatic carboxylic acids is 1. The highest BCUT2D eigenvalue weighted by atomic mass is 16.5. The molecule has 1 unspecified atom stereocenters. The Hall–Kier alpha value is -3.58. The molecule has 0 bridgehead atoms. The van der Waals surface area contributed by atoms with Gasteiger partial charge in [0.1, 0.15) is 12.4 Å². The van der Waals surface area contributed by atoms with Gasteiger partial charge >= 0.3 is 5.97 Å². The van der Waals surface area contributed by atoms with E-state index in [2.05, 4.69) is 37.6 Å². The van der Waals surface area contributed by atoms with Gasteiger partial charge in [0.25, 0.3) is 5.91 Å². The Balaban J connectivity index is 1.45. The number of fused-ring (bicyclic) bond motifs is 3. The number of carboxylic acids is 1. The zero-order valence-electron chi connectivity index (χ0n) is 23.4. The molecule has 206 valence electrons. The topological polar surface area (TPSA) is 85.9 Å². The normalized spacial score (nSPS) is 19.5. The minimum atomic E-state index is -1.07. The number of para-hydroxylation sites is 1. The van der Waals surface area contributed by atoms with Gasteiger partial charge in [-0.2, -0.15) is 0 Å². The number of ether oxygens (including phenoxy) is 1. The van der Waals surface area contributed by atoms with Crippen molar-refractivity contribution in [2.45, 2.75) is 58.4 Å². The Morgan fingerprint density at radius 1 is 1.05 bits per heavy atom. The third kappa shape index (κ3) is 5.20. The Bertz CT molecular complexity index is 1380. The maximum Gasteiger partial charge on any atom is 0.339 e. The van der Waals surface area contributed by atoms with Crippen LogP contribution in [0.25, 0.3) is 16.5 Å². The van der Waals surface area contributed by atoms with Crippen LogP contribution in [0.3, 0.4) is 0 Å². The number of carboxylic acid groups (broad SMARTS) is 1. The van der Waals surface area contributed by atoms with Crippen molar-refractivity contribution in [1.82, 2.24) is 14.8 Å². The molecule has 2 aliphatic rings. The van der Waals surface area contributed by atoms with Crippen LogP contribution in [-0.4, -0.2) is 64.0 Å². The molecule has 1 fully saturated rings. The number of benzene rings is 2. The Kier molecular flexibility index (Phi) is 7.54. The van der Waals surface area contributed by atoms with Gasteiger partial charge in [0.2, 0.25) is 0 Å². The van der Waals surface area contributed by atoms with E-state index < -0.39 is 11.4 Å². The van der Waals surface area contributed by atoms with Gasteiger partial charge in [0.05, 0.1) is 11.3 Å². The SMILES string of the molecule is CC(C)C1N(C(=O)c2ccc(OCCN3CCCCC3)cc2)C=C(C(=O)O)c2[nH]c3ccccc3c2C1(C)C. The Labute approximate surface area is 230 Å². The average Bonchev–Trinajstić information content (AvgIpc) is 3.26. The summed E-state index contributed by atoms with van der Waals surface area (Å²) in [6, 6.07) is 14.8. The lowest BCUT2D eigenvalue weighted by atomic mass is 9.71. The van der Waals surface area contributed by atoms with Crippen LogP contribution < -0.4 is 4.74 Å². The number of aromatic nitrogens is 1. The summed E-state index contributed by atoms with van der Waals surface area (Å²) in [4.78, 5) is 34.0. The van der Waals surface area contributed by atoms with Gasteiger partial charge < -0.3 is 19.7 Å². The van der Waals surface area contributed by atoms with Gasteiger partial charge in [-0.15, -0.1) is 0 Å². The maximum absolute atomic E-state index is 14.0. The third-order valence-corrected chi connectivity index (χ3v) is 8.25. The molecule has 5 rings (SSSR count). The van der Waals surface area contributed by atoms with Crippen LogP contribution >= 0.6 is 0 Å². The van der Waals surface area contributed by atoms with E-state index in [0.717, 1.165) is 41.9 Å². The molecule has 7 heteroatoms. The first-order valence-electron chi connectivity index (χ1n) is 14.0. The number of rotatable bonds is 7. The van der Waals surface area contributed by atoms with Crippen molar-refractivity contribution in [3.05, 3.63) is 71.6 Å². The molecular formula is C32H39N3O4. The zero-order chi connectivity index (χ0) is 27.7. The number of aromatic amines is 1. The lowest BCUT2D eigenvalue weighted by Gasteiger charge is -2.42. The highest BCUT2D eigenvalue weighted by Crippen LogP contribution is 2.45. The second-order valence-electron chi connectivity index (χ2n) is 11.7. The number of piperidine rings is 1. The number of amides is 1. The van der Waals surface area contributed by atoms with Crippen molar-refractivity contribution < 1.29 is 19.4 Å². The van der Waals surface area contributed by atoms with E-state index in [0.29, 0.717) is 17.9 Å². The molecule has 3 heterocycles. The van der Waals surface area contributed by atoms with Gasteiger partial charge in [0.15, 0.2) is 0 Å². The predicted octanol–water partition coefficient (Wildman–Crippen LogP) is 5.92. The third-order valence-electron chi connectivity index (χ3n) is 8.25. The van der Waals surface area contributed by atoms with Crippen LogP contribution in [-0.2, 0) is 10.2 Å². The van der Waals surface area contributed by atoms with E-state index in [1.54, 1.807) is 17.0 Å². The number of nitrogens with one attached hydrogen (secondary N) is 1. The van der Waals surface area contributed by atoms with E-state index in [1.807, 2.05) is 36.4 Å². The smallest absolute Gasteiger partial charge is 0.339 e. The second-order valence-corrected chi connectivity index (χ2v) is 11.7. The summed E-state index contributed by atoms with van der Waals surface area (Å²) >= 11 is 0. The minimum Gasteiger partial charge on any atom is -0.492 e. The van der Waals surface area contributed by atoms with Crippen LogP contribution in [0.15, 0.2) is 54.7 Å². The first kappa shape index (κ1) is 27.0. The van der Waals surface area contributed by atoms with Crippen LogP contribution in [0.4, 0.5) is 0 Å². The zero-order valence-corrected chi connectivity index (χ0v) is 23.4. The summed E-state index contributed by atoms with van der Waals surface area (Å²) in [6.07, 6.45) is 5.34. The quantitative estimate of drug-likeness (QED) is 0.397. The molecule has 1 amide bonds. The van der Waals surface area contributed by atoms with Crippen molar-refractivity contribution >= 4 is 28.4 Å². The molecule has 0 radical (unpaired) electrons. The van der Waals surface area contributed by atoms with Crippen molar-refractivity contribution in [1.29, 1.82) is 0 Å². The van der Waals surface area contributed by atoms with Gasteiger partial charge in [-0.05, 0) is 67.7 Å². The van der Waals surface area contributed by atoms with Gasteiger partial charge in [0, 0.05) is 40.7 Å². The fourth-order valence-electron chi connectivity index (χ4n) is 6.61. The fourth-order valence-corrected chi connectivity index (χ4v) is 6.61. The fraction of sp³-hybridized carbons (Fsp3) is 0.438. The predicted molar refractivity (Wildman–Crippen MR) is 154 cm³/mol. The van der Waals surface area contributed by atoms with Crippen LogP contribution in [0.1, 0.15) is 68.6 Å². The van der Waals surface area contributed by atoms with Gasteiger partial charge in [-0.3, -0.25) is 9.69 Å². The van der Waals surface area contributed by atoms with E-state index >= 15 is 0 Å². The van der Waals surface area contributed by atoms with Crippen molar-refractivity contribution in [2.75, 3.05) is 26.2 Å². The molecule has 2 aliphatic heterocycles. The average molecular weight is 530 g/mol. The first-order chi connectivity index (χ1) is 18.7. The molecular weight excluding hydrogens is 490 g/mol. The summed E-state index contributed by atoms with van der Waals surface area (Å²) in [6.45, 7) is 12.2. The van der Waals surface area contributed by atoms with E-state index in [-0.39, 0.29) is 23.4 Å². The number of H-pyrrole nitrogens is 1. The second kappa shape index (κ2) is 10.9. The first-order valence-corrected chi connectivity index (χ1v) is 14.0. The van der Waals surface area contributed by atoms with Crippen LogP contribution in [0.2, 0.25) is 0 Å². The maximum atomic E-state index is 14.0. The van der Waals surface area contributed by atoms with Crippen molar-refractivity contribution in [2.24, 2.45) is 5.92 Å². The highest BCUT2D eigenvalue weighted by Gasteiger charge is 2.45. The lowest BCUT2D eigenvalue weighted by molar-refractivity contribution is -0.130. The number of carbonyl (C=O) groups is 2. The minimum absolute atomic E-state index is 0.0623. The summed E-state index contributed by atoms with van der Waals surface area (Å²) in [5.41, 5.74) is 2.43. The summed E-state index contributed by atoms with van der Waals surface area (Å²) in [5, 5.41) is 11.2. The number of hydrogen-bond donors (Lipinski definition) is 2. The number of hydrogen-bond acceptors (Lipinski definition) is 4. The molecule has 0 spiro atoms. The molecule has 1 atom stereocenters. The Morgan fingerprint density at radius 2 is 1.74 bits per heavy atom. The standard InChI is InChI=1S/C32H39N3O4/c1-21(2)29-32(3,4)27-24-10-6-7-11-26(24)33-28(27)25(31(37)38)20-35(29)30(36)22-12-14-23(15-13-22)39-19-18-34-16-8-5-9-17-34/h6-7,10-15,20-21,29,33H,5,8-9,16-19H2,1-4H3,(H,37,38). The molecule has 1 saturated heterocycles. The highest BCUT2D eigenvalue weighted by molar-refractivity contribution is 6.17. The van der Waals surface area contributed by atoms with Crippen LogP contribution in [0.5, 0.6) is 5.75 Å². The number of likely N-dealkylation sites (tertiary alicyclic amines) is 1. The van der Waals surface area contributed by atoms with Crippen molar-refractivity contribution in [3.63, 3.8) is 0 Å². The van der Waals surface area contributed by atoms with E-state index in [4.69, 9.17) is 4.74 Å². The van der Waals surface area contributed by atoms with E-state index in [9.17, 15) is 14.7 Å². The largest absolute Gasteiger partial charge is 0.492 e. The van der Waals surface area contributed by atoms with Gasteiger partial charge in [-0.25, -0.2) is 4.79 Å². The molecule has 3 aromatic rings. The van der Waals surface area contributed by atoms with Crippen LogP contribution in [0, 0.1) is 5.92 Å². The Morgan fingerprint density at radius 3 is 2.41 bits per heavy atom. The molecule has 1 aromatic heterocycles. The summed E-state index contributed by atoms with van der Waals surface area (Å²) in [7, 11) is 0. The van der Waals surface area contributed by atoms with Crippen molar-refractivity contribution in [3.8, 4) is 5.75 Å². The molecule has 2 aromatic carbocycles. The molecule has 39 heavy (non-hydrogen) atoms. The molecule has 2 N–H and O–H groups in total. The number of carbonyl (C=O) groups excluding carboxylic acids is 1. The molecule has 0 aliphatic carbocycles. The summed E-state index contributed by atoms with van der Waals surface area (Å²) in [5.74, 6) is -0.510. The lowest BCUT2D eigenvalue weighted by Crippen LogP contribution is -2.50. The van der Waals surface area contributed by atoms with Gasteiger partial charge in [-0.1, -0.05) is 52.3 Å². The number of nitrogens with zero attached hydrogens (tertiary/aromatic N) is 2.